The average molecular weight is 345 g/mol. The second-order valence-corrected chi connectivity index (χ2v) is 6.43. The van der Waals surface area contributed by atoms with Crippen molar-refractivity contribution in [2.24, 2.45) is 0 Å². The monoisotopic (exact) mass is 345 g/mol. The molecule has 0 radical (unpaired) electrons. The van der Waals surface area contributed by atoms with Gasteiger partial charge in [0.25, 0.3) is 5.56 Å². The van der Waals surface area contributed by atoms with E-state index in [1.54, 1.807) is 0 Å². The molecular weight excluding hydrogens is 330 g/mol. The molecule has 0 amide bonds. The molecule has 6 nitrogen and oxygen atoms in total. The van der Waals surface area contributed by atoms with E-state index in [4.69, 9.17) is 4.74 Å². The van der Waals surface area contributed by atoms with Gasteiger partial charge in [0.1, 0.15) is 5.75 Å². The first-order valence-corrected chi connectivity index (χ1v) is 8.34. The number of rotatable bonds is 1. The van der Waals surface area contributed by atoms with E-state index in [2.05, 4.69) is 15.0 Å². The zero-order chi connectivity index (χ0) is 17.8. The van der Waals surface area contributed by atoms with Crippen LogP contribution in [0.25, 0.3) is 10.9 Å². The zero-order valence-electron chi connectivity index (χ0n) is 13.9. The molecule has 0 spiro atoms. The molecular formula is C20H15N3O3. The lowest BCUT2D eigenvalue weighted by atomic mass is 9.82. The van der Waals surface area contributed by atoms with Crippen molar-refractivity contribution in [3.63, 3.8) is 0 Å². The zero-order valence-corrected chi connectivity index (χ0v) is 13.9. The van der Waals surface area contributed by atoms with Crippen molar-refractivity contribution < 1.29 is 4.74 Å². The molecule has 3 heterocycles. The van der Waals surface area contributed by atoms with Crippen LogP contribution in [0.2, 0.25) is 0 Å². The van der Waals surface area contributed by atoms with E-state index in [0.717, 1.165) is 27.7 Å². The first-order chi connectivity index (χ1) is 12.6. The van der Waals surface area contributed by atoms with Gasteiger partial charge in [-0.25, -0.2) is 4.79 Å². The highest BCUT2D eigenvalue weighted by atomic mass is 16.5. The number of benzene rings is 2. The van der Waals surface area contributed by atoms with Crippen molar-refractivity contribution in [3.8, 4) is 11.6 Å². The Labute approximate surface area is 147 Å². The Morgan fingerprint density at radius 1 is 0.885 bits per heavy atom. The third kappa shape index (κ3) is 1.99. The van der Waals surface area contributed by atoms with Gasteiger partial charge < -0.3 is 9.72 Å². The Morgan fingerprint density at radius 2 is 1.65 bits per heavy atom. The summed E-state index contributed by atoms with van der Waals surface area (Å²) in [5, 5.41) is 1.04. The van der Waals surface area contributed by atoms with E-state index in [9.17, 15) is 9.59 Å². The van der Waals surface area contributed by atoms with E-state index in [0.29, 0.717) is 11.3 Å². The third-order valence-electron chi connectivity index (χ3n) is 4.91. The molecule has 0 bridgehead atoms. The first kappa shape index (κ1) is 14.8. The van der Waals surface area contributed by atoms with Crippen molar-refractivity contribution >= 4 is 10.9 Å². The van der Waals surface area contributed by atoms with Gasteiger partial charge in [0.15, 0.2) is 0 Å². The third-order valence-corrected chi connectivity index (χ3v) is 4.91. The van der Waals surface area contributed by atoms with Crippen LogP contribution in [0.5, 0.6) is 11.6 Å². The molecule has 0 saturated heterocycles. The van der Waals surface area contributed by atoms with Crippen LogP contribution in [0.1, 0.15) is 28.3 Å². The number of aromatic nitrogens is 3. The highest BCUT2D eigenvalue weighted by Gasteiger charge is 2.34. The van der Waals surface area contributed by atoms with Gasteiger partial charge in [-0.15, -0.1) is 0 Å². The summed E-state index contributed by atoms with van der Waals surface area (Å²) in [5.41, 5.74) is 3.28. The number of aryl methyl sites for hydroxylation is 1. The van der Waals surface area contributed by atoms with Crippen molar-refractivity contribution in [1.82, 2.24) is 15.0 Å². The van der Waals surface area contributed by atoms with Crippen molar-refractivity contribution in [1.29, 1.82) is 0 Å². The minimum absolute atomic E-state index is 0.201. The van der Waals surface area contributed by atoms with E-state index in [-0.39, 0.29) is 11.8 Å². The van der Waals surface area contributed by atoms with E-state index < -0.39 is 11.2 Å². The van der Waals surface area contributed by atoms with Crippen LogP contribution in [0.4, 0.5) is 0 Å². The topological polar surface area (TPSA) is 90.7 Å². The smallest absolute Gasteiger partial charge is 0.328 e. The molecule has 1 unspecified atom stereocenters. The van der Waals surface area contributed by atoms with Gasteiger partial charge >= 0.3 is 5.69 Å². The van der Waals surface area contributed by atoms with Gasteiger partial charge in [0.2, 0.25) is 5.88 Å². The molecule has 6 heteroatoms. The molecule has 0 fully saturated rings. The quantitative estimate of drug-likeness (QED) is 0.436. The molecule has 5 rings (SSSR count). The molecule has 26 heavy (non-hydrogen) atoms. The number of nitrogens with one attached hydrogen (secondary N) is 3. The highest BCUT2D eigenvalue weighted by Crippen LogP contribution is 2.47. The molecule has 1 atom stereocenters. The number of ether oxygens (including phenoxy) is 1. The Morgan fingerprint density at radius 3 is 2.54 bits per heavy atom. The Bertz CT molecular complexity index is 1280. The second-order valence-electron chi connectivity index (χ2n) is 6.43. The lowest BCUT2D eigenvalue weighted by Crippen LogP contribution is -2.30. The molecule has 0 saturated carbocycles. The summed E-state index contributed by atoms with van der Waals surface area (Å²) in [6.07, 6.45) is 0. The van der Waals surface area contributed by atoms with E-state index in [1.807, 2.05) is 55.5 Å². The summed E-state index contributed by atoms with van der Waals surface area (Å²) in [6.45, 7) is 1.99. The van der Waals surface area contributed by atoms with Gasteiger partial charge in [-0.05, 0) is 24.6 Å². The van der Waals surface area contributed by atoms with Crippen LogP contribution in [0.3, 0.4) is 0 Å². The van der Waals surface area contributed by atoms with Gasteiger partial charge in [-0.1, -0.05) is 36.4 Å². The fourth-order valence-corrected chi connectivity index (χ4v) is 3.87. The molecule has 0 aliphatic carbocycles. The minimum atomic E-state index is -0.581. The standard InChI is InChI=1S/C20H15N3O3/c1-10-15(11-6-2-4-8-13(11)21-10)16-12-7-3-5-9-14(12)26-19-17(16)18(24)22-20(25)23-19/h2-9,16,21H,1H3,(H2,22,23,24,25). The van der Waals surface area contributed by atoms with Crippen LogP contribution in [-0.2, 0) is 0 Å². The fourth-order valence-electron chi connectivity index (χ4n) is 3.87. The lowest BCUT2D eigenvalue weighted by Gasteiger charge is -2.27. The average Bonchev–Trinajstić information content (AvgIpc) is 2.95. The van der Waals surface area contributed by atoms with Gasteiger partial charge in [0.05, 0.1) is 11.5 Å². The van der Waals surface area contributed by atoms with Crippen molar-refractivity contribution in [2.45, 2.75) is 12.8 Å². The number of aromatic amines is 3. The fraction of sp³-hybridized carbons (Fsp3) is 0.100. The van der Waals surface area contributed by atoms with Gasteiger partial charge in [0, 0.05) is 22.2 Å². The predicted molar refractivity (Wildman–Crippen MR) is 98.2 cm³/mol. The van der Waals surface area contributed by atoms with E-state index in [1.165, 1.54) is 0 Å². The maximum Gasteiger partial charge on any atom is 0.328 e. The molecule has 128 valence electrons. The maximum absolute atomic E-state index is 12.7. The molecule has 3 N–H and O–H groups in total. The molecule has 4 aromatic rings. The second kappa shape index (κ2) is 5.23. The first-order valence-electron chi connectivity index (χ1n) is 8.34. The number of fused-ring (bicyclic) bond motifs is 3. The van der Waals surface area contributed by atoms with E-state index >= 15 is 0 Å². The normalized spacial score (nSPS) is 15.3. The highest BCUT2D eigenvalue weighted by molar-refractivity contribution is 5.86. The van der Waals surface area contributed by atoms with Crippen molar-refractivity contribution in [3.05, 3.63) is 91.8 Å². The largest absolute Gasteiger partial charge is 0.440 e. The number of para-hydroxylation sites is 2. The summed E-state index contributed by atoms with van der Waals surface area (Å²) in [5.74, 6) is 0.495. The summed E-state index contributed by atoms with van der Waals surface area (Å²) in [7, 11) is 0. The van der Waals surface area contributed by atoms with Gasteiger partial charge in [-0.2, -0.15) is 0 Å². The summed E-state index contributed by atoms with van der Waals surface area (Å²) >= 11 is 0. The van der Waals surface area contributed by atoms with Crippen LogP contribution >= 0.6 is 0 Å². The minimum Gasteiger partial charge on any atom is -0.440 e. The van der Waals surface area contributed by atoms with Crippen LogP contribution in [0.15, 0.2) is 58.1 Å². The summed E-state index contributed by atoms with van der Waals surface area (Å²) in [6, 6.07) is 15.6. The Kier molecular flexibility index (Phi) is 2.97. The Balaban J connectivity index is 1.91. The summed E-state index contributed by atoms with van der Waals surface area (Å²) < 4.78 is 5.83. The van der Waals surface area contributed by atoms with Crippen LogP contribution < -0.4 is 16.0 Å². The molecule has 2 aromatic carbocycles. The number of H-pyrrole nitrogens is 3. The summed E-state index contributed by atoms with van der Waals surface area (Å²) in [4.78, 5) is 32.8. The SMILES string of the molecule is Cc1[nH]c2ccccc2c1C1c2ccccc2Oc2[nH]c(=O)[nH]c(=O)c21. The van der Waals surface area contributed by atoms with Crippen LogP contribution in [-0.4, -0.2) is 15.0 Å². The van der Waals surface area contributed by atoms with Crippen LogP contribution in [0, 0.1) is 6.92 Å². The molecule has 1 aliphatic rings. The lowest BCUT2D eigenvalue weighted by molar-refractivity contribution is 0.428. The number of hydrogen-bond donors (Lipinski definition) is 3. The Hall–Kier alpha value is -3.54. The number of hydrogen-bond acceptors (Lipinski definition) is 3. The molecule has 2 aromatic heterocycles. The van der Waals surface area contributed by atoms with Gasteiger partial charge in [-0.3, -0.25) is 14.8 Å². The van der Waals surface area contributed by atoms with Crippen molar-refractivity contribution in [2.75, 3.05) is 0 Å². The maximum atomic E-state index is 12.7. The predicted octanol–water partition coefficient (Wildman–Crippen LogP) is 3.14. The molecule has 1 aliphatic heterocycles.